The zero-order valence-corrected chi connectivity index (χ0v) is 12.7. The van der Waals surface area contributed by atoms with Gasteiger partial charge in [0.25, 0.3) is 0 Å². The standard InChI is InChI=1S/C11H15F3N2O3S.ClH/c1-8(15)5-6-16-20(17,18)10-4-2-3-9(7-10)19-11(12,13)14;/h2-4,7-8,16H,5-6,15H2,1H3;1H. The number of alkyl halides is 3. The first kappa shape index (κ1) is 20.0. The molecule has 0 radical (unpaired) electrons. The van der Waals surface area contributed by atoms with Gasteiger partial charge >= 0.3 is 6.36 Å². The number of benzene rings is 1. The highest BCUT2D eigenvalue weighted by Crippen LogP contribution is 2.24. The van der Waals surface area contributed by atoms with Crippen molar-refractivity contribution in [3.8, 4) is 5.75 Å². The van der Waals surface area contributed by atoms with Crippen molar-refractivity contribution in [2.75, 3.05) is 6.54 Å². The number of hydrogen-bond donors (Lipinski definition) is 2. The lowest BCUT2D eigenvalue weighted by Crippen LogP contribution is -2.29. The predicted molar refractivity (Wildman–Crippen MR) is 73.8 cm³/mol. The molecule has 1 aromatic carbocycles. The molecule has 0 fully saturated rings. The van der Waals surface area contributed by atoms with Crippen molar-refractivity contribution in [2.24, 2.45) is 5.73 Å². The molecule has 5 nitrogen and oxygen atoms in total. The molecule has 0 aliphatic rings. The van der Waals surface area contributed by atoms with E-state index in [1.165, 1.54) is 12.1 Å². The van der Waals surface area contributed by atoms with E-state index in [9.17, 15) is 21.6 Å². The van der Waals surface area contributed by atoms with Gasteiger partial charge in [-0.3, -0.25) is 0 Å². The normalized spacial score (nSPS) is 13.4. The molecule has 1 atom stereocenters. The van der Waals surface area contributed by atoms with Crippen LogP contribution in [-0.4, -0.2) is 27.4 Å². The molecule has 122 valence electrons. The number of halogens is 4. The molecule has 10 heteroatoms. The Labute approximate surface area is 127 Å². The molecule has 1 aromatic rings. The number of rotatable bonds is 6. The maximum Gasteiger partial charge on any atom is 0.573 e. The van der Waals surface area contributed by atoms with E-state index in [2.05, 4.69) is 9.46 Å². The zero-order valence-electron chi connectivity index (χ0n) is 11.1. The highest BCUT2D eigenvalue weighted by atomic mass is 35.5. The Morgan fingerprint density at radius 2 is 2.00 bits per heavy atom. The lowest BCUT2D eigenvalue weighted by molar-refractivity contribution is -0.274. The van der Waals surface area contributed by atoms with Crippen LogP contribution in [0, 0.1) is 0 Å². The molecule has 0 aromatic heterocycles. The van der Waals surface area contributed by atoms with Gasteiger partial charge in [-0.05, 0) is 25.5 Å². The van der Waals surface area contributed by atoms with Gasteiger partial charge in [-0.1, -0.05) is 6.07 Å². The van der Waals surface area contributed by atoms with Crippen LogP contribution in [-0.2, 0) is 10.0 Å². The minimum absolute atomic E-state index is 0. The van der Waals surface area contributed by atoms with Gasteiger partial charge < -0.3 is 10.5 Å². The summed E-state index contributed by atoms with van der Waals surface area (Å²) in [6, 6.07) is 3.99. The van der Waals surface area contributed by atoms with Crippen LogP contribution in [0.5, 0.6) is 5.75 Å². The summed E-state index contributed by atoms with van der Waals surface area (Å²) < 4.78 is 65.8. The highest BCUT2D eigenvalue weighted by Gasteiger charge is 2.31. The summed E-state index contributed by atoms with van der Waals surface area (Å²) in [7, 11) is -3.89. The van der Waals surface area contributed by atoms with Gasteiger partial charge in [0, 0.05) is 18.7 Å². The maximum atomic E-state index is 12.1. The van der Waals surface area contributed by atoms with E-state index >= 15 is 0 Å². The first-order chi connectivity index (χ1) is 9.10. The van der Waals surface area contributed by atoms with E-state index in [4.69, 9.17) is 5.73 Å². The summed E-state index contributed by atoms with van der Waals surface area (Å²) in [6.07, 6.45) is -4.46. The lowest BCUT2D eigenvalue weighted by atomic mass is 10.3. The number of hydrogen-bond acceptors (Lipinski definition) is 4. The van der Waals surface area contributed by atoms with Gasteiger partial charge in [-0.2, -0.15) is 0 Å². The SMILES string of the molecule is CC(N)CCNS(=O)(=O)c1cccc(OC(F)(F)F)c1.Cl. The average Bonchev–Trinajstić information content (AvgIpc) is 2.26. The fourth-order valence-electron chi connectivity index (χ4n) is 1.34. The average molecular weight is 349 g/mol. The van der Waals surface area contributed by atoms with Crippen LogP contribution in [0.15, 0.2) is 29.2 Å². The van der Waals surface area contributed by atoms with Gasteiger partial charge in [0.2, 0.25) is 10.0 Å². The lowest BCUT2D eigenvalue weighted by Gasteiger charge is -2.11. The molecule has 3 N–H and O–H groups in total. The van der Waals surface area contributed by atoms with Crippen molar-refractivity contribution >= 4 is 22.4 Å². The molecule has 0 amide bonds. The Kier molecular flexibility index (Phi) is 7.45. The van der Waals surface area contributed by atoms with Crippen LogP contribution in [0.25, 0.3) is 0 Å². The molecular weight excluding hydrogens is 333 g/mol. The van der Waals surface area contributed by atoms with Crippen LogP contribution in [0.2, 0.25) is 0 Å². The molecule has 1 rings (SSSR count). The maximum absolute atomic E-state index is 12.1. The Morgan fingerprint density at radius 1 is 1.38 bits per heavy atom. The summed E-state index contributed by atoms with van der Waals surface area (Å²) in [6.45, 7) is 1.82. The Morgan fingerprint density at radius 3 is 2.52 bits per heavy atom. The van der Waals surface area contributed by atoms with Crippen molar-refractivity contribution < 1.29 is 26.3 Å². The zero-order chi connectivity index (χ0) is 15.4. The van der Waals surface area contributed by atoms with E-state index in [-0.39, 0.29) is 29.9 Å². The second-order valence-electron chi connectivity index (χ2n) is 4.19. The van der Waals surface area contributed by atoms with Crippen molar-refractivity contribution in [1.29, 1.82) is 0 Å². The molecule has 0 saturated carbocycles. The van der Waals surface area contributed by atoms with E-state index in [0.29, 0.717) is 6.42 Å². The number of ether oxygens (including phenoxy) is 1. The minimum Gasteiger partial charge on any atom is -0.406 e. The summed E-state index contributed by atoms with van der Waals surface area (Å²) in [5, 5.41) is 0. The fourth-order valence-corrected chi connectivity index (χ4v) is 2.43. The van der Waals surface area contributed by atoms with Gasteiger partial charge in [0.1, 0.15) is 5.75 Å². The smallest absolute Gasteiger partial charge is 0.406 e. The molecule has 0 aliphatic heterocycles. The quantitative estimate of drug-likeness (QED) is 0.824. The molecule has 21 heavy (non-hydrogen) atoms. The second kappa shape index (κ2) is 7.83. The van der Waals surface area contributed by atoms with Gasteiger partial charge in [-0.15, -0.1) is 25.6 Å². The third kappa shape index (κ3) is 7.51. The van der Waals surface area contributed by atoms with Gasteiger partial charge in [-0.25, -0.2) is 13.1 Å². The van der Waals surface area contributed by atoms with E-state index < -0.39 is 22.1 Å². The summed E-state index contributed by atoms with van der Waals surface area (Å²) in [5.74, 6) is -0.590. The summed E-state index contributed by atoms with van der Waals surface area (Å²) >= 11 is 0. The van der Waals surface area contributed by atoms with Crippen LogP contribution >= 0.6 is 12.4 Å². The molecule has 0 spiro atoms. The predicted octanol–water partition coefficient (Wildman–Crippen LogP) is 2.02. The monoisotopic (exact) mass is 348 g/mol. The number of sulfonamides is 1. The topological polar surface area (TPSA) is 81.4 Å². The van der Waals surface area contributed by atoms with Crippen LogP contribution in [0.4, 0.5) is 13.2 Å². The Bertz CT molecular complexity index is 550. The first-order valence-electron chi connectivity index (χ1n) is 5.71. The largest absolute Gasteiger partial charge is 0.573 e. The van der Waals surface area contributed by atoms with Gasteiger partial charge in [0.05, 0.1) is 4.90 Å². The minimum atomic E-state index is -4.87. The van der Waals surface area contributed by atoms with Crippen molar-refractivity contribution in [2.45, 2.75) is 30.6 Å². The van der Waals surface area contributed by atoms with Gasteiger partial charge in [0.15, 0.2) is 0 Å². The fraction of sp³-hybridized carbons (Fsp3) is 0.455. The Hall–Kier alpha value is -1.03. The first-order valence-corrected chi connectivity index (χ1v) is 7.19. The van der Waals surface area contributed by atoms with Crippen molar-refractivity contribution in [3.63, 3.8) is 0 Å². The van der Waals surface area contributed by atoms with E-state index in [0.717, 1.165) is 12.1 Å². The second-order valence-corrected chi connectivity index (χ2v) is 5.95. The number of nitrogens with two attached hydrogens (primary N) is 1. The van der Waals surface area contributed by atoms with E-state index in [1.807, 2.05) is 0 Å². The van der Waals surface area contributed by atoms with Crippen LogP contribution in [0.3, 0.4) is 0 Å². The molecule has 0 heterocycles. The molecule has 0 bridgehead atoms. The number of nitrogens with one attached hydrogen (secondary N) is 1. The molecule has 0 aliphatic carbocycles. The van der Waals surface area contributed by atoms with Crippen molar-refractivity contribution in [3.05, 3.63) is 24.3 Å². The van der Waals surface area contributed by atoms with Crippen molar-refractivity contribution in [1.82, 2.24) is 4.72 Å². The third-order valence-electron chi connectivity index (χ3n) is 2.24. The third-order valence-corrected chi connectivity index (χ3v) is 3.70. The summed E-state index contributed by atoms with van der Waals surface area (Å²) in [5.41, 5.74) is 5.47. The highest BCUT2D eigenvalue weighted by molar-refractivity contribution is 7.89. The Balaban J connectivity index is 0.00000400. The molecule has 0 saturated heterocycles. The van der Waals surface area contributed by atoms with E-state index in [1.54, 1.807) is 6.92 Å². The van der Waals surface area contributed by atoms with Crippen LogP contribution in [0.1, 0.15) is 13.3 Å². The molecule has 1 unspecified atom stereocenters. The van der Waals surface area contributed by atoms with Crippen LogP contribution < -0.4 is 15.2 Å². The molecular formula is C11H16ClF3N2O3S. The summed E-state index contributed by atoms with van der Waals surface area (Å²) in [4.78, 5) is -0.302.